The van der Waals surface area contributed by atoms with Crippen LogP contribution in [-0.4, -0.2) is 72.7 Å². The van der Waals surface area contributed by atoms with Gasteiger partial charge in [0.2, 0.25) is 5.91 Å². The van der Waals surface area contributed by atoms with Crippen LogP contribution in [0.25, 0.3) is 0 Å². The first-order valence-corrected chi connectivity index (χ1v) is 10.8. The molecule has 6 heteroatoms. The molecule has 3 rings (SSSR count). The summed E-state index contributed by atoms with van der Waals surface area (Å²) in [4.78, 5) is 22.0. The van der Waals surface area contributed by atoms with Crippen molar-refractivity contribution in [3.8, 4) is 0 Å². The third-order valence-corrected chi connectivity index (χ3v) is 5.82. The van der Waals surface area contributed by atoms with E-state index in [0.29, 0.717) is 12.0 Å². The van der Waals surface area contributed by atoms with Crippen molar-refractivity contribution in [1.29, 1.82) is 0 Å². The number of likely N-dealkylation sites (tertiary alicyclic amines) is 1. The van der Waals surface area contributed by atoms with Crippen molar-refractivity contribution in [3.63, 3.8) is 0 Å². The fourth-order valence-corrected chi connectivity index (χ4v) is 4.37. The third kappa shape index (κ3) is 6.54. The molecule has 3 heterocycles. The van der Waals surface area contributed by atoms with Crippen molar-refractivity contribution < 1.29 is 9.53 Å². The molecule has 2 aliphatic rings. The molecule has 1 amide bonds. The summed E-state index contributed by atoms with van der Waals surface area (Å²) in [5, 5.41) is 3.28. The quantitative estimate of drug-likeness (QED) is 0.740. The van der Waals surface area contributed by atoms with Crippen LogP contribution in [0.5, 0.6) is 0 Å². The zero-order chi connectivity index (χ0) is 19.8. The van der Waals surface area contributed by atoms with Crippen molar-refractivity contribution in [2.75, 3.05) is 45.9 Å². The average molecular weight is 389 g/mol. The van der Waals surface area contributed by atoms with Crippen LogP contribution in [0.3, 0.4) is 0 Å². The molecule has 2 atom stereocenters. The summed E-state index contributed by atoms with van der Waals surface area (Å²) in [7, 11) is 0. The lowest BCUT2D eigenvalue weighted by molar-refractivity contribution is -0.127. The maximum absolute atomic E-state index is 12.9. The van der Waals surface area contributed by atoms with Gasteiger partial charge < -0.3 is 10.1 Å². The molecule has 0 bridgehead atoms. The van der Waals surface area contributed by atoms with Crippen LogP contribution in [-0.2, 0) is 16.1 Å². The highest BCUT2D eigenvalue weighted by Gasteiger charge is 2.28. The van der Waals surface area contributed by atoms with E-state index in [0.717, 1.165) is 71.7 Å². The molecule has 0 aliphatic carbocycles. The molecule has 2 fully saturated rings. The molecule has 6 nitrogen and oxygen atoms in total. The molecule has 2 unspecified atom stereocenters. The number of carbonyl (C=O) groups excluding carboxylic acids is 1. The number of morpholine rings is 1. The standard InChI is InChI=1S/C22H36N4O2/c1-18(2)13-21(26-9-11-28-12-10-26)15-24-22(27)20-6-4-8-25(17-20)16-19-5-3-7-23-14-19/h3,5,7,14,18,20-21H,4,6,8-13,15-17H2,1-2H3,(H,24,27). The highest BCUT2D eigenvalue weighted by atomic mass is 16.5. The van der Waals surface area contributed by atoms with E-state index in [9.17, 15) is 4.79 Å². The first kappa shape index (κ1) is 21.2. The molecule has 1 aromatic heterocycles. The number of aromatic nitrogens is 1. The van der Waals surface area contributed by atoms with Gasteiger partial charge in [-0.15, -0.1) is 0 Å². The molecular weight excluding hydrogens is 352 g/mol. The predicted octanol–water partition coefficient (Wildman–Crippen LogP) is 2.16. The average Bonchev–Trinajstić information content (AvgIpc) is 2.72. The van der Waals surface area contributed by atoms with Crippen LogP contribution in [0.4, 0.5) is 0 Å². The lowest BCUT2D eigenvalue weighted by Gasteiger charge is -2.36. The zero-order valence-corrected chi connectivity index (χ0v) is 17.5. The van der Waals surface area contributed by atoms with E-state index in [4.69, 9.17) is 4.74 Å². The van der Waals surface area contributed by atoms with Crippen LogP contribution in [0.2, 0.25) is 0 Å². The second-order valence-electron chi connectivity index (χ2n) is 8.61. The van der Waals surface area contributed by atoms with Gasteiger partial charge in [0, 0.05) is 51.2 Å². The molecule has 28 heavy (non-hydrogen) atoms. The van der Waals surface area contributed by atoms with Crippen LogP contribution in [0.1, 0.15) is 38.7 Å². The molecular formula is C22H36N4O2. The minimum absolute atomic E-state index is 0.0924. The molecule has 1 N–H and O–H groups in total. The van der Waals surface area contributed by atoms with E-state index < -0.39 is 0 Å². The van der Waals surface area contributed by atoms with Crippen LogP contribution in [0, 0.1) is 11.8 Å². The molecule has 2 aliphatic heterocycles. The number of hydrogen-bond donors (Lipinski definition) is 1. The van der Waals surface area contributed by atoms with Gasteiger partial charge in [-0.25, -0.2) is 0 Å². The first-order valence-electron chi connectivity index (χ1n) is 10.8. The number of hydrogen-bond acceptors (Lipinski definition) is 5. The van der Waals surface area contributed by atoms with Crippen molar-refractivity contribution in [2.24, 2.45) is 11.8 Å². The largest absolute Gasteiger partial charge is 0.379 e. The first-order chi connectivity index (χ1) is 13.6. The summed E-state index contributed by atoms with van der Waals surface area (Å²) in [6.45, 7) is 11.6. The lowest BCUT2D eigenvalue weighted by atomic mass is 9.96. The molecule has 156 valence electrons. The Bertz CT molecular complexity index is 589. The zero-order valence-electron chi connectivity index (χ0n) is 17.5. The van der Waals surface area contributed by atoms with Crippen molar-refractivity contribution >= 4 is 5.91 Å². The van der Waals surface area contributed by atoms with Gasteiger partial charge in [0.15, 0.2) is 0 Å². The van der Waals surface area contributed by atoms with Gasteiger partial charge in [0.05, 0.1) is 19.1 Å². The molecule has 2 saturated heterocycles. The maximum Gasteiger partial charge on any atom is 0.224 e. The molecule has 0 radical (unpaired) electrons. The second-order valence-corrected chi connectivity index (χ2v) is 8.61. The predicted molar refractivity (Wildman–Crippen MR) is 111 cm³/mol. The Morgan fingerprint density at radius 1 is 1.32 bits per heavy atom. The number of carbonyl (C=O) groups is 1. The van der Waals surface area contributed by atoms with Gasteiger partial charge in [-0.3, -0.25) is 19.6 Å². The normalized spacial score (nSPS) is 22.9. The summed E-state index contributed by atoms with van der Waals surface area (Å²) in [6, 6.07) is 4.49. The number of pyridine rings is 1. The van der Waals surface area contributed by atoms with Crippen LogP contribution < -0.4 is 5.32 Å². The SMILES string of the molecule is CC(C)CC(CNC(=O)C1CCCN(Cc2cccnc2)C1)N1CCOCC1. The monoisotopic (exact) mass is 388 g/mol. The van der Waals surface area contributed by atoms with E-state index in [-0.39, 0.29) is 11.8 Å². The highest BCUT2D eigenvalue weighted by molar-refractivity contribution is 5.79. The summed E-state index contributed by atoms with van der Waals surface area (Å²) >= 11 is 0. The summed E-state index contributed by atoms with van der Waals surface area (Å²) in [5.74, 6) is 0.933. The number of amides is 1. The Morgan fingerprint density at radius 2 is 2.14 bits per heavy atom. The molecule has 1 aromatic rings. The van der Waals surface area contributed by atoms with Gasteiger partial charge >= 0.3 is 0 Å². The number of nitrogens with one attached hydrogen (secondary N) is 1. The second kappa shape index (κ2) is 10.9. The van der Waals surface area contributed by atoms with Gasteiger partial charge in [0.25, 0.3) is 0 Å². The van der Waals surface area contributed by atoms with E-state index in [1.54, 1.807) is 6.20 Å². The summed E-state index contributed by atoms with van der Waals surface area (Å²) in [6.07, 6.45) is 6.90. The topological polar surface area (TPSA) is 57.7 Å². The van der Waals surface area contributed by atoms with Crippen LogP contribution >= 0.6 is 0 Å². The number of piperidine rings is 1. The van der Waals surface area contributed by atoms with Gasteiger partial charge in [-0.05, 0) is 43.4 Å². The molecule has 0 aromatic carbocycles. The Kier molecular flexibility index (Phi) is 8.25. The molecule has 0 saturated carbocycles. The van der Waals surface area contributed by atoms with Gasteiger partial charge in [0.1, 0.15) is 0 Å². The van der Waals surface area contributed by atoms with Crippen molar-refractivity contribution in [3.05, 3.63) is 30.1 Å². The Labute approximate surface area is 169 Å². The van der Waals surface area contributed by atoms with E-state index in [2.05, 4.69) is 40.0 Å². The van der Waals surface area contributed by atoms with E-state index >= 15 is 0 Å². The third-order valence-electron chi connectivity index (χ3n) is 5.82. The van der Waals surface area contributed by atoms with Crippen LogP contribution in [0.15, 0.2) is 24.5 Å². The minimum atomic E-state index is 0.0924. The fourth-order valence-electron chi connectivity index (χ4n) is 4.37. The lowest BCUT2D eigenvalue weighted by Crippen LogP contribution is -2.51. The minimum Gasteiger partial charge on any atom is -0.379 e. The number of nitrogens with zero attached hydrogens (tertiary/aromatic N) is 3. The smallest absolute Gasteiger partial charge is 0.224 e. The summed E-state index contributed by atoms with van der Waals surface area (Å²) < 4.78 is 5.50. The number of rotatable bonds is 8. The Hall–Kier alpha value is -1.50. The Morgan fingerprint density at radius 3 is 2.86 bits per heavy atom. The van der Waals surface area contributed by atoms with Gasteiger partial charge in [-0.1, -0.05) is 19.9 Å². The number of ether oxygens (including phenoxy) is 1. The highest BCUT2D eigenvalue weighted by Crippen LogP contribution is 2.19. The summed E-state index contributed by atoms with van der Waals surface area (Å²) in [5.41, 5.74) is 1.22. The van der Waals surface area contributed by atoms with Gasteiger partial charge in [-0.2, -0.15) is 0 Å². The van der Waals surface area contributed by atoms with Crippen molar-refractivity contribution in [2.45, 2.75) is 45.7 Å². The maximum atomic E-state index is 12.9. The van der Waals surface area contributed by atoms with E-state index in [1.165, 1.54) is 5.56 Å². The van der Waals surface area contributed by atoms with Crippen molar-refractivity contribution in [1.82, 2.24) is 20.1 Å². The molecule has 0 spiro atoms. The van der Waals surface area contributed by atoms with E-state index in [1.807, 2.05) is 12.3 Å². The fraction of sp³-hybridized carbons (Fsp3) is 0.727. The Balaban J connectivity index is 1.49.